The molecule has 0 fully saturated rings. The van der Waals surface area contributed by atoms with Gasteiger partial charge in [-0.3, -0.25) is 19.8 Å². The van der Waals surface area contributed by atoms with Crippen LogP contribution in [0.25, 0.3) is 0 Å². The predicted molar refractivity (Wildman–Crippen MR) is 75.7 cm³/mol. The molecule has 0 bridgehead atoms. The molecule has 1 N–H and O–H groups in total. The lowest BCUT2D eigenvalue weighted by Crippen LogP contribution is -2.48. The molecule has 1 aromatic carbocycles. The number of fused-ring (bicyclic) bond motifs is 1. The molecule has 1 amide bonds. The van der Waals surface area contributed by atoms with Gasteiger partial charge in [-0.2, -0.15) is 13.2 Å². The number of nitro groups is 1. The van der Waals surface area contributed by atoms with Gasteiger partial charge in [-0.1, -0.05) is 6.07 Å². The van der Waals surface area contributed by atoms with Crippen LogP contribution < -0.4 is 5.32 Å². The van der Waals surface area contributed by atoms with Crippen LogP contribution in [0, 0.1) is 10.1 Å². The Bertz CT molecular complexity index is 619. The zero-order valence-corrected chi connectivity index (χ0v) is 12.4. The fraction of sp³-hybridized carbons (Fsp3) is 0.500. The van der Waals surface area contributed by atoms with Crippen LogP contribution in [0.3, 0.4) is 0 Å². The fourth-order valence-corrected chi connectivity index (χ4v) is 2.51. The molecule has 6 nitrogen and oxygen atoms in total. The standard InChI is InChI=1S/C14H16F3N3O3/c1-9(13(21)18-8-14(15,16)17)19-5-4-10-2-3-12(20(22)23)6-11(10)7-19/h2-3,6,9H,4-5,7-8H2,1H3,(H,18,21)/t9-/m0/s1. The van der Waals surface area contributed by atoms with Gasteiger partial charge < -0.3 is 5.32 Å². The first kappa shape index (κ1) is 17.2. The van der Waals surface area contributed by atoms with E-state index in [1.807, 2.05) is 5.32 Å². The summed E-state index contributed by atoms with van der Waals surface area (Å²) in [6.45, 7) is 0.948. The van der Waals surface area contributed by atoms with Crippen molar-refractivity contribution in [3.8, 4) is 0 Å². The number of alkyl halides is 3. The lowest BCUT2D eigenvalue weighted by atomic mass is 9.98. The van der Waals surface area contributed by atoms with Gasteiger partial charge in [0.15, 0.2) is 0 Å². The number of amides is 1. The molecular weight excluding hydrogens is 315 g/mol. The van der Waals surface area contributed by atoms with Gasteiger partial charge in [-0.05, 0) is 24.5 Å². The lowest BCUT2D eigenvalue weighted by molar-refractivity contribution is -0.385. The van der Waals surface area contributed by atoms with Crippen molar-refractivity contribution in [3.63, 3.8) is 0 Å². The first-order valence-electron chi connectivity index (χ1n) is 7.02. The van der Waals surface area contributed by atoms with E-state index < -0.39 is 29.6 Å². The Morgan fingerprint density at radius 1 is 1.43 bits per heavy atom. The predicted octanol–water partition coefficient (Wildman–Crippen LogP) is 2.02. The second-order valence-corrected chi connectivity index (χ2v) is 5.44. The molecule has 0 aromatic heterocycles. The molecule has 23 heavy (non-hydrogen) atoms. The van der Waals surface area contributed by atoms with E-state index in [1.165, 1.54) is 19.1 Å². The molecule has 1 aliphatic rings. The van der Waals surface area contributed by atoms with Crippen LogP contribution >= 0.6 is 0 Å². The van der Waals surface area contributed by atoms with E-state index in [4.69, 9.17) is 0 Å². The quantitative estimate of drug-likeness (QED) is 0.676. The van der Waals surface area contributed by atoms with Gasteiger partial charge in [0, 0.05) is 25.2 Å². The van der Waals surface area contributed by atoms with Crippen molar-refractivity contribution in [1.82, 2.24) is 10.2 Å². The first-order chi connectivity index (χ1) is 10.7. The Labute approximate surface area is 130 Å². The van der Waals surface area contributed by atoms with Crippen LogP contribution in [0.2, 0.25) is 0 Å². The molecule has 9 heteroatoms. The third-order valence-corrected chi connectivity index (χ3v) is 3.83. The molecule has 1 atom stereocenters. The molecule has 0 aliphatic carbocycles. The zero-order chi connectivity index (χ0) is 17.2. The summed E-state index contributed by atoms with van der Waals surface area (Å²) in [7, 11) is 0. The van der Waals surface area contributed by atoms with Crippen LogP contribution in [-0.2, 0) is 17.8 Å². The van der Waals surface area contributed by atoms with Crippen LogP contribution in [0.5, 0.6) is 0 Å². The third-order valence-electron chi connectivity index (χ3n) is 3.83. The number of halogens is 3. The summed E-state index contributed by atoms with van der Waals surface area (Å²) in [6.07, 6.45) is -3.87. The first-order valence-corrected chi connectivity index (χ1v) is 7.02. The number of rotatable bonds is 4. The number of nitrogens with zero attached hydrogens (tertiary/aromatic N) is 2. The number of hydrogen-bond acceptors (Lipinski definition) is 4. The van der Waals surface area contributed by atoms with Crippen LogP contribution in [0.4, 0.5) is 18.9 Å². The van der Waals surface area contributed by atoms with Crippen molar-refractivity contribution in [1.29, 1.82) is 0 Å². The van der Waals surface area contributed by atoms with Crippen molar-refractivity contribution in [2.24, 2.45) is 0 Å². The van der Waals surface area contributed by atoms with Crippen molar-refractivity contribution in [2.75, 3.05) is 13.1 Å². The summed E-state index contributed by atoms with van der Waals surface area (Å²) in [5, 5.41) is 12.7. The highest BCUT2D eigenvalue weighted by Gasteiger charge is 2.31. The minimum atomic E-state index is -4.45. The number of benzene rings is 1. The summed E-state index contributed by atoms with van der Waals surface area (Å²) >= 11 is 0. The summed E-state index contributed by atoms with van der Waals surface area (Å²) in [4.78, 5) is 23.8. The highest BCUT2D eigenvalue weighted by molar-refractivity contribution is 5.81. The Hall–Kier alpha value is -2.16. The van der Waals surface area contributed by atoms with Gasteiger partial charge in [0.25, 0.3) is 5.69 Å². The van der Waals surface area contributed by atoms with E-state index in [1.54, 1.807) is 11.0 Å². The maximum Gasteiger partial charge on any atom is 0.405 e. The van der Waals surface area contributed by atoms with Crippen LogP contribution in [0.15, 0.2) is 18.2 Å². The molecule has 1 heterocycles. The number of nitrogens with one attached hydrogen (secondary N) is 1. The minimum absolute atomic E-state index is 0.0419. The molecule has 0 spiro atoms. The lowest BCUT2D eigenvalue weighted by Gasteiger charge is -2.32. The second kappa shape index (κ2) is 6.53. The Morgan fingerprint density at radius 3 is 2.74 bits per heavy atom. The number of nitro benzene ring substituents is 1. The maximum atomic E-state index is 12.1. The molecule has 1 aliphatic heterocycles. The van der Waals surface area contributed by atoms with Gasteiger partial charge in [0.1, 0.15) is 6.54 Å². The number of hydrogen-bond donors (Lipinski definition) is 1. The Morgan fingerprint density at radius 2 is 2.13 bits per heavy atom. The van der Waals surface area contributed by atoms with E-state index in [0.29, 0.717) is 13.0 Å². The summed E-state index contributed by atoms with van der Waals surface area (Å²) < 4.78 is 36.4. The monoisotopic (exact) mass is 331 g/mol. The van der Waals surface area contributed by atoms with Gasteiger partial charge in [-0.15, -0.1) is 0 Å². The van der Waals surface area contributed by atoms with Gasteiger partial charge >= 0.3 is 6.18 Å². The number of non-ortho nitro benzene ring substituents is 1. The van der Waals surface area contributed by atoms with Crippen LogP contribution in [0.1, 0.15) is 18.1 Å². The SMILES string of the molecule is C[C@@H](C(=O)NCC(F)(F)F)N1CCc2ccc([N+](=O)[O-])cc2C1. The number of carbonyl (C=O) groups excluding carboxylic acids is 1. The van der Waals surface area contributed by atoms with Crippen molar-refractivity contribution < 1.29 is 22.9 Å². The summed E-state index contributed by atoms with van der Waals surface area (Å²) in [5.41, 5.74) is 1.63. The fourth-order valence-electron chi connectivity index (χ4n) is 2.51. The molecule has 2 rings (SSSR count). The normalized spacial score (nSPS) is 16.5. The van der Waals surface area contributed by atoms with E-state index in [9.17, 15) is 28.1 Å². The Kier molecular flexibility index (Phi) is 4.88. The second-order valence-electron chi connectivity index (χ2n) is 5.44. The van der Waals surface area contributed by atoms with Gasteiger partial charge in [0.2, 0.25) is 5.91 Å². The van der Waals surface area contributed by atoms with E-state index >= 15 is 0 Å². The molecule has 0 saturated carbocycles. The van der Waals surface area contributed by atoms with Crippen molar-refractivity contribution >= 4 is 11.6 Å². The molecular formula is C14H16F3N3O3. The Balaban J connectivity index is 2.04. The van der Waals surface area contributed by atoms with Crippen molar-refractivity contribution in [3.05, 3.63) is 39.4 Å². The highest BCUT2D eigenvalue weighted by Crippen LogP contribution is 2.25. The minimum Gasteiger partial charge on any atom is -0.346 e. The van der Waals surface area contributed by atoms with Gasteiger partial charge in [-0.25, -0.2) is 0 Å². The maximum absolute atomic E-state index is 12.1. The summed E-state index contributed by atoms with van der Waals surface area (Å²) in [6, 6.07) is 3.80. The smallest absolute Gasteiger partial charge is 0.346 e. The molecule has 1 aromatic rings. The zero-order valence-electron chi connectivity index (χ0n) is 12.4. The highest BCUT2D eigenvalue weighted by atomic mass is 19.4. The topological polar surface area (TPSA) is 75.5 Å². The molecule has 0 radical (unpaired) electrons. The van der Waals surface area contributed by atoms with Crippen LogP contribution in [-0.4, -0.2) is 41.0 Å². The largest absolute Gasteiger partial charge is 0.405 e. The van der Waals surface area contributed by atoms with Gasteiger partial charge in [0.05, 0.1) is 11.0 Å². The van der Waals surface area contributed by atoms with Crippen molar-refractivity contribution in [2.45, 2.75) is 32.1 Å². The third kappa shape index (κ3) is 4.41. The molecule has 126 valence electrons. The van der Waals surface area contributed by atoms with E-state index in [-0.39, 0.29) is 12.2 Å². The average molecular weight is 331 g/mol. The van der Waals surface area contributed by atoms with E-state index in [2.05, 4.69) is 0 Å². The molecule has 0 unspecified atom stereocenters. The number of carbonyl (C=O) groups is 1. The molecule has 0 saturated heterocycles. The average Bonchev–Trinajstić information content (AvgIpc) is 2.49. The van der Waals surface area contributed by atoms with E-state index in [0.717, 1.165) is 11.1 Å². The summed E-state index contributed by atoms with van der Waals surface area (Å²) in [5.74, 6) is -0.712.